The Labute approximate surface area is 157 Å². The summed E-state index contributed by atoms with van der Waals surface area (Å²) in [5, 5.41) is 18.4. The molecule has 1 aromatic carbocycles. The van der Waals surface area contributed by atoms with E-state index in [4.69, 9.17) is 9.47 Å². The summed E-state index contributed by atoms with van der Waals surface area (Å²) in [6.07, 6.45) is 3.58. The van der Waals surface area contributed by atoms with E-state index in [0.717, 1.165) is 31.4 Å². The molecule has 144 valence electrons. The van der Waals surface area contributed by atoms with Gasteiger partial charge >= 0.3 is 6.03 Å². The number of aromatic nitrogens is 4. The average Bonchev–Trinajstić information content (AvgIpc) is 3.32. The SMILES string of the molecule is CCNC(=O)NC1(c2nnnn2-c2ccc3c(c2)OCO3)CCC(C)CC1. The van der Waals surface area contributed by atoms with Gasteiger partial charge in [-0.05, 0) is 61.1 Å². The molecule has 1 aliphatic heterocycles. The van der Waals surface area contributed by atoms with Gasteiger partial charge in [-0.3, -0.25) is 0 Å². The molecule has 2 aliphatic rings. The lowest BCUT2D eigenvalue weighted by atomic mass is 9.76. The molecule has 1 aromatic heterocycles. The van der Waals surface area contributed by atoms with Crippen molar-refractivity contribution in [2.45, 2.75) is 45.1 Å². The fourth-order valence-corrected chi connectivity index (χ4v) is 3.76. The summed E-state index contributed by atoms with van der Waals surface area (Å²) in [5.41, 5.74) is 0.168. The van der Waals surface area contributed by atoms with E-state index in [1.54, 1.807) is 4.68 Å². The van der Waals surface area contributed by atoms with Crippen molar-refractivity contribution >= 4 is 6.03 Å². The van der Waals surface area contributed by atoms with Crippen LogP contribution in [0, 0.1) is 5.92 Å². The molecule has 9 nitrogen and oxygen atoms in total. The Bertz CT molecular complexity index is 828. The van der Waals surface area contributed by atoms with Gasteiger partial charge in [0.15, 0.2) is 17.3 Å². The van der Waals surface area contributed by atoms with Gasteiger partial charge in [0.25, 0.3) is 0 Å². The number of nitrogens with zero attached hydrogens (tertiary/aromatic N) is 4. The standard InChI is InChI=1S/C18H24N6O3/c1-3-19-17(25)20-18(8-6-12(2)7-9-18)16-21-22-23-24(16)13-4-5-14-15(10-13)27-11-26-14/h4-5,10,12H,3,6-9,11H2,1-2H3,(H2,19,20,25). The van der Waals surface area contributed by atoms with E-state index in [9.17, 15) is 4.79 Å². The van der Waals surface area contributed by atoms with Crippen molar-refractivity contribution in [3.63, 3.8) is 0 Å². The fourth-order valence-electron chi connectivity index (χ4n) is 3.76. The highest BCUT2D eigenvalue weighted by atomic mass is 16.7. The molecule has 2 amide bonds. The first-order chi connectivity index (χ1) is 13.1. The maximum atomic E-state index is 12.4. The van der Waals surface area contributed by atoms with Crippen LogP contribution in [0.15, 0.2) is 18.2 Å². The molecule has 0 unspecified atom stereocenters. The maximum absolute atomic E-state index is 12.4. The normalized spacial score (nSPS) is 23.9. The number of tetrazole rings is 1. The van der Waals surface area contributed by atoms with Crippen molar-refractivity contribution in [2.75, 3.05) is 13.3 Å². The van der Waals surface area contributed by atoms with Crippen LogP contribution in [0.3, 0.4) is 0 Å². The number of carbonyl (C=O) groups excluding carboxylic acids is 1. The minimum atomic E-state index is -0.606. The molecule has 9 heteroatoms. The molecule has 0 bridgehead atoms. The zero-order valence-electron chi connectivity index (χ0n) is 15.6. The fraction of sp³-hybridized carbons (Fsp3) is 0.556. The Balaban J connectivity index is 1.71. The molecular weight excluding hydrogens is 348 g/mol. The van der Waals surface area contributed by atoms with Crippen molar-refractivity contribution < 1.29 is 14.3 Å². The second-order valence-corrected chi connectivity index (χ2v) is 7.20. The number of hydrogen-bond acceptors (Lipinski definition) is 6. The van der Waals surface area contributed by atoms with E-state index in [-0.39, 0.29) is 12.8 Å². The van der Waals surface area contributed by atoms with E-state index < -0.39 is 5.54 Å². The molecule has 4 rings (SSSR count). The molecule has 0 spiro atoms. The molecule has 0 saturated heterocycles. The third kappa shape index (κ3) is 3.29. The number of nitrogens with one attached hydrogen (secondary N) is 2. The Hall–Kier alpha value is -2.84. The zero-order chi connectivity index (χ0) is 18.9. The van der Waals surface area contributed by atoms with Crippen LogP contribution in [-0.4, -0.2) is 39.6 Å². The molecule has 0 atom stereocenters. The van der Waals surface area contributed by atoms with Gasteiger partial charge in [0.1, 0.15) is 5.54 Å². The molecule has 2 N–H and O–H groups in total. The van der Waals surface area contributed by atoms with Gasteiger partial charge in [0.05, 0.1) is 5.69 Å². The molecular formula is C18H24N6O3. The maximum Gasteiger partial charge on any atom is 0.315 e. The summed E-state index contributed by atoms with van der Waals surface area (Å²) in [7, 11) is 0. The van der Waals surface area contributed by atoms with Gasteiger partial charge in [0.2, 0.25) is 6.79 Å². The Morgan fingerprint density at radius 2 is 2.07 bits per heavy atom. The van der Waals surface area contributed by atoms with Gasteiger partial charge in [0, 0.05) is 12.6 Å². The minimum absolute atomic E-state index is 0.202. The number of hydrogen-bond donors (Lipinski definition) is 2. The molecule has 2 heterocycles. The first kappa shape index (κ1) is 17.6. The van der Waals surface area contributed by atoms with Crippen LogP contribution in [0.5, 0.6) is 11.5 Å². The summed E-state index contributed by atoms with van der Waals surface area (Å²) >= 11 is 0. The van der Waals surface area contributed by atoms with Crippen molar-refractivity contribution in [3.8, 4) is 17.2 Å². The third-order valence-electron chi connectivity index (χ3n) is 5.32. The van der Waals surface area contributed by atoms with Crippen LogP contribution in [0.1, 0.15) is 45.4 Å². The molecule has 1 fully saturated rings. The third-order valence-corrected chi connectivity index (χ3v) is 5.32. The van der Waals surface area contributed by atoms with Crippen LogP contribution < -0.4 is 20.1 Å². The zero-order valence-corrected chi connectivity index (χ0v) is 15.6. The van der Waals surface area contributed by atoms with Gasteiger partial charge < -0.3 is 20.1 Å². The average molecular weight is 372 g/mol. The minimum Gasteiger partial charge on any atom is -0.454 e. The van der Waals surface area contributed by atoms with E-state index in [0.29, 0.717) is 29.8 Å². The first-order valence-electron chi connectivity index (χ1n) is 9.36. The van der Waals surface area contributed by atoms with Crippen molar-refractivity contribution in [2.24, 2.45) is 5.92 Å². The van der Waals surface area contributed by atoms with Gasteiger partial charge in [-0.15, -0.1) is 5.10 Å². The smallest absolute Gasteiger partial charge is 0.315 e. The van der Waals surface area contributed by atoms with Crippen LogP contribution in [-0.2, 0) is 5.54 Å². The van der Waals surface area contributed by atoms with E-state index in [1.807, 2.05) is 25.1 Å². The predicted molar refractivity (Wildman–Crippen MR) is 96.8 cm³/mol. The lowest BCUT2D eigenvalue weighted by Gasteiger charge is -2.38. The highest BCUT2D eigenvalue weighted by Gasteiger charge is 2.42. The summed E-state index contributed by atoms with van der Waals surface area (Å²) < 4.78 is 12.5. The van der Waals surface area contributed by atoms with Crippen LogP contribution >= 0.6 is 0 Å². The number of fused-ring (bicyclic) bond motifs is 1. The molecule has 2 aromatic rings. The summed E-state index contributed by atoms with van der Waals surface area (Å²) in [6.45, 7) is 4.90. The van der Waals surface area contributed by atoms with Crippen LogP contribution in [0.25, 0.3) is 5.69 Å². The Morgan fingerprint density at radius 3 is 2.85 bits per heavy atom. The van der Waals surface area contributed by atoms with Gasteiger partial charge in [-0.1, -0.05) is 6.92 Å². The highest BCUT2D eigenvalue weighted by Crippen LogP contribution is 2.40. The second kappa shape index (κ2) is 7.05. The molecule has 0 radical (unpaired) electrons. The molecule has 1 saturated carbocycles. The van der Waals surface area contributed by atoms with Crippen molar-refractivity contribution in [1.29, 1.82) is 0 Å². The quantitative estimate of drug-likeness (QED) is 0.852. The number of carbonyl (C=O) groups is 1. The number of rotatable bonds is 4. The topological polar surface area (TPSA) is 103 Å². The summed E-state index contributed by atoms with van der Waals surface area (Å²) in [5.74, 6) is 2.62. The monoisotopic (exact) mass is 372 g/mol. The molecule has 27 heavy (non-hydrogen) atoms. The lowest BCUT2D eigenvalue weighted by Crippen LogP contribution is -2.53. The lowest BCUT2D eigenvalue weighted by molar-refractivity contribution is 0.173. The van der Waals surface area contributed by atoms with Gasteiger partial charge in [-0.25, -0.2) is 4.79 Å². The number of ether oxygens (including phenoxy) is 2. The number of urea groups is 1. The largest absolute Gasteiger partial charge is 0.454 e. The molecule has 1 aliphatic carbocycles. The van der Waals surface area contributed by atoms with E-state index in [1.165, 1.54) is 0 Å². The van der Waals surface area contributed by atoms with Crippen molar-refractivity contribution in [1.82, 2.24) is 30.8 Å². The predicted octanol–water partition coefficient (Wildman–Crippen LogP) is 2.12. The van der Waals surface area contributed by atoms with Crippen molar-refractivity contribution in [3.05, 3.63) is 24.0 Å². The summed E-state index contributed by atoms with van der Waals surface area (Å²) in [4.78, 5) is 12.4. The number of amides is 2. The van der Waals surface area contributed by atoms with Gasteiger partial charge in [-0.2, -0.15) is 4.68 Å². The van der Waals surface area contributed by atoms with E-state index >= 15 is 0 Å². The highest BCUT2D eigenvalue weighted by molar-refractivity contribution is 5.75. The Kier molecular flexibility index (Phi) is 4.59. The van der Waals surface area contributed by atoms with Crippen LogP contribution in [0.2, 0.25) is 0 Å². The van der Waals surface area contributed by atoms with Crippen LogP contribution in [0.4, 0.5) is 4.79 Å². The first-order valence-corrected chi connectivity index (χ1v) is 9.36. The summed E-state index contributed by atoms with van der Waals surface area (Å²) in [6, 6.07) is 5.38. The Morgan fingerprint density at radius 1 is 1.30 bits per heavy atom. The second-order valence-electron chi connectivity index (χ2n) is 7.20. The number of benzene rings is 1. The van der Waals surface area contributed by atoms with E-state index in [2.05, 4.69) is 33.1 Å².